The van der Waals surface area contributed by atoms with E-state index in [-0.39, 0.29) is 5.82 Å². The first-order chi connectivity index (χ1) is 10.3. The third kappa shape index (κ3) is 10.5. The van der Waals surface area contributed by atoms with Crippen LogP contribution in [0.15, 0.2) is 24.3 Å². The molecule has 0 spiro atoms. The van der Waals surface area contributed by atoms with Crippen LogP contribution < -0.4 is 5.32 Å². The van der Waals surface area contributed by atoms with E-state index in [4.69, 9.17) is 0 Å². The van der Waals surface area contributed by atoms with Crippen molar-refractivity contribution in [2.45, 2.75) is 77.7 Å². The van der Waals surface area contributed by atoms with Crippen LogP contribution >= 0.6 is 0 Å². The molecule has 0 aliphatic heterocycles. The molecule has 0 radical (unpaired) electrons. The van der Waals surface area contributed by atoms with Gasteiger partial charge in [-0.2, -0.15) is 0 Å². The molecular weight excluding hydrogens is 261 g/mol. The van der Waals surface area contributed by atoms with Gasteiger partial charge in [0.05, 0.1) is 0 Å². The van der Waals surface area contributed by atoms with Gasteiger partial charge in [-0.05, 0) is 30.7 Å². The Kier molecular flexibility index (Phi) is 11.1. The smallest absolute Gasteiger partial charge is 0.123 e. The Morgan fingerprint density at radius 2 is 1.48 bits per heavy atom. The minimum Gasteiger partial charge on any atom is -0.313 e. The molecule has 21 heavy (non-hydrogen) atoms. The molecule has 1 nitrogen and oxygen atoms in total. The maximum absolute atomic E-state index is 13.0. The second kappa shape index (κ2) is 12.8. The highest BCUT2D eigenvalue weighted by Gasteiger charge is 1.95. The summed E-state index contributed by atoms with van der Waals surface area (Å²) in [5, 5.41) is 3.39. The Morgan fingerprint density at radius 3 is 2.10 bits per heavy atom. The fourth-order valence-corrected chi connectivity index (χ4v) is 2.62. The van der Waals surface area contributed by atoms with Crippen molar-refractivity contribution in [3.63, 3.8) is 0 Å². The van der Waals surface area contributed by atoms with Crippen molar-refractivity contribution in [1.29, 1.82) is 0 Å². The van der Waals surface area contributed by atoms with E-state index < -0.39 is 0 Å². The van der Waals surface area contributed by atoms with Crippen molar-refractivity contribution in [1.82, 2.24) is 5.32 Å². The van der Waals surface area contributed by atoms with Gasteiger partial charge in [-0.1, -0.05) is 76.8 Å². The van der Waals surface area contributed by atoms with Crippen LogP contribution in [0.4, 0.5) is 4.39 Å². The summed E-state index contributed by atoms with van der Waals surface area (Å²) in [6, 6.07) is 6.83. The second-order valence-corrected chi connectivity index (χ2v) is 5.99. The van der Waals surface area contributed by atoms with Crippen molar-refractivity contribution >= 4 is 0 Å². The summed E-state index contributed by atoms with van der Waals surface area (Å²) < 4.78 is 13.0. The molecule has 1 aromatic carbocycles. The highest BCUT2D eigenvalue weighted by atomic mass is 19.1. The van der Waals surface area contributed by atoms with Crippen LogP contribution in [0.25, 0.3) is 0 Å². The maximum Gasteiger partial charge on any atom is 0.123 e. The van der Waals surface area contributed by atoms with Crippen molar-refractivity contribution in [3.8, 4) is 0 Å². The lowest BCUT2D eigenvalue weighted by molar-refractivity contribution is 0.543. The Hall–Kier alpha value is -0.890. The lowest BCUT2D eigenvalue weighted by Gasteiger charge is -2.05. The summed E-state index contributed by atoms with van der Waals surface area (Å²) in [6.45, 7) is 4.07. The molecule has 1 aromatic rings. The van der Waals surface area contributed by atoms with Gasteiger partial charge in [-0.15, -0.1) is 0 Å². The minimum absolute atomic E-state index is 0.145. The van der Waals surface area contributed by atoms with E-state index in [0.29, 0.717) is 0 Å². The molecule has 0 saturated carbocycles. The summed E-state index contributed by atoms with van der Waals surface area (Å²) in [6.07, 6.45) is 13.7. The molecule has 120 valence electrons. The molecule has 0 aliphatic rings. The molecule has 2 heteroatoms. The zero-order chi connectivity index (χ0) is 15.2. The third-order valence-electron chi connectivity index (χ3n) is 3.93. The van der Waals surface area contributed by atoms with Gasteiger partial charge < -0.3 is 5.32 Å². The summed E-state index contributed by atoms with van der Waals surface area (Å²) >= 11 is 0. The van der Waals surface area contributed by atoms with Gasteiger partial charge in [0.2, 0.25) is 0 Å². The summed E-state index contributed by atoms with van der Waals surface area (Å²) in [5.41, 5.74) is 1.03. The molecule has 0 saturated heterocycles. The molecular formula is C19H32FN. The Balaban J connectivity index is 1.82. The van der Waals surface area contributed by atoms with Crippen LogP contribution in [0.2, 0.25) is 0 Å². The van der Waals surface area contributed by atoms with E-state index in [2.05, 4.69) is 12.2 Å². The SMILES string of the molecule is CCCCCCCCCCCCNCc1cccc(F)c1. The van der Waals surface area contributed by atoms with Gasteiger partial charge in [0, 0.05) is 6.54 Å². The molecule has 0 aliphatic carbocycles. The number of hydrogen-bond acceptors (Lipinski definition) is 1. The zero-order valence-electron chi connectivity index (χ0n) is 13.7. The first-order valence-electron chi connectivity index (χ1n) is 8.78. The normalized spacial score (nSPS) is 11.0. The lowest BCUT2D eigenvalue weighted by atomic mass is 10.1. The molecule has 0 fully saturated rings. The predicted molar refractivity (Wildman–Crippen MR) is 90.0 cm³/mol. The van der Waals surface area contributed by atoms with Crippen LogP contribution in [-0.4, -0.2) is 6.54 Å². The van der Waals surface area contributed by atoms with E-state index >= 15 is 0 Å². The molecule has 0 unspecified atom stereocenters. The zero-order valence-corrected chi connectivity index (χ0v) is 13.7. The van der Waals surface area contributed by atoms with E-state index in [0.717, 1.165) is 18.7 Å². The molecule has 0 bridgehead atoms. The van der Waals surface area contributed by atoms with Gasteiger partial charge in [0.25, 0.3) is 0 Å². The average Bonchev–Trinajstić information content (AvgIpc) is 2.48. The molecule has 1 N–H and O–H groups in total. The van der Waals surface area contributed by atoms with Gasteiger partial charge >= 0.3 is 0 Å². The highest BCUT2D eigenvalue weighted by molar-refractivity contribution is 5.15. The largest absolute Gasteiger partial charge is 0.313 e. The summed E-state index contributed by atoms with van der Waals surface area (Å²) in [4.78, 5) is 0. The monoisotopic (exact) mass is 293 g/mol. The number of benzene rings is 1. The van der Waals surface area contributed by atoms with Gasteiger partial charge in [-0.3, -0.25) is 0 Å². The Labute approximate surface area is 130 Å². The van der Waals surface area contributed by atoms with Crippen LogP contribution in [-0.2, 0) is 6.54 Å². The summed E-state index contributed by atoms with van der Waals surface area (Å²) in [5.74, 6) is -0.145. The standard InChI is InChI=1S/C19H32FN/c1-2-3-4-5-6-7-8-9-10-11-15-21-17-18-13-12-14-19(20)16-18/h12-14,16,21H,2-11,15,17H2,1H3. The van der Waals surface area contributed by atoms with Gasteiger partial charge in [0.1, 0.15) is 5.82 Å². The number of halogens is 1. The third-order valence-corrected chi connectivity index (χ3v) is 3.93. The fourth-order valence-electron chi connectivity index (χ4n) is 2.62. The van der Waals surface area contributed by atoms with E-state index in [1.54, 1.807) is 12.1 Å². The minimum atomic E-state index is -0.145. The van der Waals surface area contributed by atoms with Crippen LogP contribution in [0.5, 0.6) is 0 Å². The lowest BCUT2D eigenvalue weighted by Crippen LogP contribution is -2.14. The van der Waals surface area contributed by atoms with Crippen LogP contribution in [0, 0.1) is 5.82 Å². The maximum atomic E-state index is 13.0. The quantitative estimate of drug-likeness (QED) is 0.451. The first kappa shape index (κ1) is 18.2. The molecule has 0 heterocycles. The van der Waals surface area contributed by atoms with Gasteiger partial charge in [0.15, 0.2) is 0 Å². The first-order valence-corrected chi connectivity index (χ1v) is 8.78. The second-order valence-electron chi connectivity index (χ2n) is 5.99. The predicted octanol–water partition coefficient (Wildman–Crippen LogP) is 5.84. The van der Waals surface area contributed by atoms with Crippen LogP contribution in [0.1, 0.15) is 76.7 Å². The fraction of sp³-hybridized carbons (Fsp3) is 0.684. The number of nitrogens with one attached hydrogen (secondary N) is 1. The van der Waals surface area contributed by atoms with Crippen molar-refractivity contribution in [2.75, 3.05) is 6.54 Å². The van der Waals surface area contributed by atoms with Crippen molar-refractivity contribution in [3.05, 3.63) is 35.6 Å². The van der Waals surface area contributed by atoms with E-state index in [1.165, 1.54) is 70.3 Å². The average molecular weight is 293 g/mol. The summed E-state index contributed by atoms with van der Waals surface area (Å²) in [7, 11) is 0. The highest BCUT2D eigenvalue weighted by Crippen LogP contribution is 2.10. The van der Waals surface area contributed by atoms with Gasteiger partial charge in [-0.25, -0.2) is 4.39 Å². The number of rotatable bonds is 13. The molecule has 1 rings (SSSR count). The van der Waals surface area contributed by atoms with Crippen molar-refractivity contribution < 1.29 is 4.39 Å². The Bertz CT molecular complexity index is 351. The van der Waals surface area contributed by atoms with Crippen molar-refractivity contribution in [2.24, 2.45) is 0 Å². The molecule has 0 atom stereocenters. The topological polar surface area (TPSA) is 12.0 Å². The number of unbranched alkanes of at least 4 members (excludes halogenated alkanes) is 9. The van der Waals surface area contributed by atoms with Crippen LogP contribution in [0.3, 0.4) is 0 Å². The molecule has 0 amide bonds. The Morgan fingerprint density at radius 1 is 0.857 bits per heavy atom. The van der Waals surface area contributed by atoms with E-state index in [9.17, 15) is 4.39 Å². The number of hydrogen-bond donors (Lipinski definition) is 1. The van der Waals surface area contributed by atoms with E-state index in [1.807, 2.05) is 6.07 Å². The molecule has 0 aromatic heterocycles.